The van der Waals surface area contributed by atoms with Gasteiger partial charge in [-0.05, 0) is 77.0 Å². The van der Waals surface area contributed by atoms with Gasteiger partial charge in [0, 0.05) is 13.0 Å². The smallest absolute Gasteiger partial charge is 0.306 e. The lowest BCUT2D eigenvalue weighted by atomic mass is 9.99. The van der Waals surface area contributed by atoms with E-state index in [0.29, 0.717) is 13.0 Å². The highest BCUT2D eigenvalue weighted by Gasteiger charge is 2.44. The van der Waals surface area contributed by atoms with Crippen LogP contribution in [0.5, 0.6) is 0 Å². The van der Waals surface area contributed by atoms with Crippen molar-refractivity contribution in [3.05, 3.63) is 85.1 Å². The van der Waals surface area contributed by atoms with Gasteiger partial charge in [0.2, 0.25) is 0 Å². The van der Waals surface area contributed by atoms with E-state index in [0.717, 1.165) is 64.2 Å². The van der Waals surface area contributed by atoms with Crippen molar-refractivity contribution in [2.75, 3.05) is 26.4 Å². The summed E-state index contributed by atoms with van der Waals surface area (Å²) < 4.78 is 22.7. The van der Waals surface area contributed by atoms with Gasteiger partial charge >= 0.3 is 5.97 Å². The van der Waals surface area contributed by atoms with Crippen LogP contribution in [0.4, 0.5) is 0 Å². The van der Waals surface area contributed by atoms with Gasteiger partial charge in [-0.25, -0.2) is 0 Å². The number of aliphatic hydroxyl groups excluding tert-OH is 4. The molecule has 1 heterocycles. The number of ether oxygens (including phenoxy) is 4. The highest BCUT2D eigenvalue weighted by atomic mass is 16.7. The average molecular weight is 829 g/mol. The number of hydrogen-bond donors (Lipinski definition) is 4. The van der Waals surface area contributed by atoms with E-state index in [9.17, 15) is 25.2 Å². The summed E-state index contributed by atoms with van der Waals surface area (Å²) in [5.41, 5.74) is 0. The van der Waals surface area contributed by atoms with Crippen LogP contribution in [0.2, 0.25) is 0 Å². The van der Waals surface area contributed by atoms with E-state index in [-0.39, 0.29) is 19.6 Å². The number of allylic oxidation sites excluding steroid dienone is 14. The van der Waals surface area contributed by atoms with Crippen molar-refractivity contribution in [2.24, 2.45) is 0 Å². The minimum absolute atomic E-state index is 0.105. The summed E-state index contributed by atoms with van der Waals surface area (Å²) in [6, 6.07) is 0. The summed E-state index contributed by atoms with van der Waals surface area (Å²) >= 11 is 0. The number of hydrogen-bond acceptors (Lipinski definition) is 9. The number of carbonyl (C=O) groups excluding carboxylic acids is 1. The SMILES string of the molecule is CC/C=C\C/C=C\C/C=C\C/C=C\C/C=C\C/C=C\CCC(=O)OC(COCCCCCCCC/C=C\CCCCCCCCC)COC1OC(CO)C(O)C(O)C1O. The van der Waals surface area contributed by atoms with Crippen molar-refractivity contribution in [1.29, 1.82) is 0 Å². The van der Waals surface area contributed by atoms with E-state index in [1.165, 1.54) is 70.6 Å². The largest absolute Gasteiger partial charge is 0.457 e. The Morgan fingerprint density at radius 2 is 1.03 bits per heavy atom. The lowest BCUT2D eigenvalue weighted by Crippen LogP contribution is -2.59. The van der Waals surface area contributed by atoms with Crippen LogP contribution in [-0.2, 0) is 23.7 Å². The highest BCUT2D eigenvalue weighted by Crippen LogP contribution is 2.22. The second-order valence-corrected chi connectivity index (χ2v) is 15.5. The second kappa shape index (κ2) is 40.8. The molecular weight excluding hydrogens is 745 g/mol. The maximum atomic E-state index is 12.8. The first-order chi connectivity index (χ1) is 28.9. The zero-order valence-corrected chi connectivity index (χ0v) is 37.0. The topological polar surface area (TPSA) is 135 Å². The van der Waals surface area contributed by atoms with Gasteiger partial charge < -0.3 is 39.4 Å². The zero-order chi connectivity index (χ0) is 42.9. The monoisotopic (exact) mass is 829 g/mol. The Kier molecular flexibility index (Phi) is 37.6. The number of aliphatic hydroxyl groups is 4. The lowest BCUT2D eigenvalue weighted by molar-refractivity contribution is -0.305. The third kappa shape index (κ3) is 31.8. The molecule has 0 spiro atoms. The van der Waals surface area contributed by atoms with Crippen molar-refractivity contribution in [3.63, 3.8) is 0 Å². The molecule has 1 saturated heterocycles. The fraction of sp³-hybridized carbons (Fsp3) is 0.700. The van der Waals surface area contributed by atoms with Crippen LogP contribution in [0, 0.1) is 0 Å². The standard InChI is InChI=1S/C50H84O9/c1-3-5-7-9-11-13-15-17-19-21-22-23-25-27-29-31-33-35-37-39-46(52)58-44(43-57-50-49(55)48(54)47(53)45(41-51)59-50)42-56-40-38-36-34-32-30-28-26-24-20-18-16-14-12-10-8-6-4-2/h5,7,11,13,17,19-20,22-24,27,29,33,35,44-45,47-51,53-55H,3-4,6,8-10,12,14-16,18,21,25-26,28,30-32,34,36-43H2,1-2H3/b7-5-,13-11-,19-17-,23-22-,24-20-,29-27-,35-33-. The Hall–Kier alpha value is -2.63. The Labute approximate surface area is 359 Å². The molecule has 1 fully saturated rings. The van der Waals surface area contributed by atoms with Gasteiger partial charge in [-0.15, -0.1) is 0 Å². The third-order valence-electron chi connectivity index (χ3n) is 10.1. The number of unbranched alkanes of at least 4 members (excludes halogenated alkanes) is 13. The zero-order valence-electron chi connectivity index (χ0n) is 37.0. The van der Waals surface area contributed by atoms with Crippen LogP contribution < -0.4 is 0 Å². The molecule has 6 atom stereocenters. The highest BCUT2D eigenvalue weighted by molar-refractivity contribution is 5.69. The Balaban J connectivity index is 2.33. The average Bonchev–Trinajstić information content (AvgIpc) is 3.24. The predicted octanol–water partition coefficient (Wildman–Crippen LogP) is 10.6. The first-order valence-electron chi connectivity index (χ1n) is 23.2. The molecular formula is C50H84O9. The van der Waals surface area contributed by atoms with Crippen LogP contribution in [0.1, 0.15) is 162 Å². The van der Waals surface area contributed by atoms with Crippen LogP contribution >= 0.6 is 0 Å². The minimum atomic E-state index is -1.55. The van der Waals surface area contributed by atoms with Crippen molar-refractivity contribution < 1.29 is 44.2 Å². The van der Waals surface area contributed by atoms with Crippen LogP contribution in [0.25, 0.3) is 0 Å². The first kappa shape index (κ1) is 54.4. The predicted molar refractivity (Wildman–Crippen MR) is 242 cm³/mol. The molecule has 6 unspecified atom stereocenters. The summed E-state index contributed by atoms with van der Waals surface area (Å²) in [7, 11) is 0. The van der Waals surface area contributed by atoms with E-state index in [2.05, 4.69) is 86.8 Å². The molecule has 1 aliphatic rings. The van der Waals surface area contributed by atoms with Gasteiger partial charge in [0.15, 0.2) is 6.29 Å². The lowest BCUT2D eigenvalue weighted by Gasteiger charge is -2.39. The third-order valence-corrected chi connectivity index (χ3v) is 10.1. The molecule has 0 radical (unpaired) electrons. The molecule has 0 amide bonds. The van der Waals surface area contributed by atoms with Crippen molar-refractivity contribution in [1.82, 2.24) is 0 Å². The normalized spacial score (nSPS) is 20.9. The molecule has 338 valence electrons. The quantitative estimate of drug-likeness (QED) is 0.0272. The molecule has 0 aromatic carbocycles. The number of esters is 1. The summed E-state index contributed by atoms with van der Waals surface area (Å²) in [4.78, 5) is 12.8. The fourth-order valence-electron chi connectivity index (χ4n) is 6.45. The summed E-state index contributed by atoms with van der Waals surface area (Å²) in [6.45, 7) is 4.32. The molecule has 9 nitrogen and oxygen atoms in total. The van der Waals surface area contributed by atoms with Gasteiger partial charge in [-0.2, -0.15) is 0 Å². The van der Waals surface area contributed by atoms with Crippen LogP contribution in [0.3, 0.4) is 0 Å². The van der Waals surface area contributed by atoms with E-state index in [1.54, 1.807) is 0 Å². The van der Waals surface area contributed by atoms with Gasteiger partial charge in [0.1, 0.15) is 30.5 Å². The molecule has 0 aromatic rings. The van der Waals surface area contributed by atoms with Crippen molar-refractivity contribution >= 4 is 5.97 Å². The summed E-state index contributed by atoms with van der Waals surface area (Å²) in [6.07, 6.45) is 47.6. The summed E-state index contributed by atoms with van der Waals surface area (Å²) in [5.74, 6) is -0.400. The van der Waals surface area contributed by atoms with E-state index in [1.807, 2.05) is 12.2 Å². The maximum absolute atomic E-state index is 12.8. The van der Waals surface area contributed by atoms with E-state index in [4.69, 9.17) is 18.9 Å². The Bertz CT molecular complexity index is 1170. The number of rotatable bonds is 38. The van der Waals surface area contributed by atoms with Crippen molar-refractivity contribution in [2.45, 2.75) is 198 Å². The van der Waals surface area contributed by atoms with Crippen LogP contribution in [0.15, 0.2) is 85.1 Å². The molecule has 59 heavy (non-hydrogen) atoms. The molecule has 0 saturated carbocycles. The van der Waals surface area contributed by atoms with Gasteiger partial charge in [0.25, 0.3) is 0 Å². The van der Waals surface area contributed by atoms with E-state index < -0.39 is 49.4 Å². The van der Waals surface area contributed by atoms with Gasteiger partial charge in [-0.1, -0.05) is 163 Å². The molecule has 0 aromatic heterocycles. The fourth-order valence-corrected chi connectivity index (χ4v) is 6.45. The molecule has 1 rings (SSSR count). The Morgan fingerprint density at radius 3 is 1.56 bits per heavy atom. The molecule has 9 heteroatoms. The second-order valence-electron chi connectivity index (χ2n) is 15.5. The summed E-state index contributed by atoms with van der Waals surface area (Å²) in [5, 5.41) is 40.1. The minimum Gasteiger partial charge on any atom is -0.457 e. The number of carbonyl (C=O) groups is 1. The molecule has 4 N–H and O–H groups in total. The van der Waals surface area contributed by atoms with Gasteiger partial charge in [-0.3, -0.25) is 4.79 Å². The molecule has 0 aliphatic carbocycles. The Morgan fingerprint density at radius 1 is 0.559 bits per heavy atom. The van der Waals surface area contributed by atoms with E-state index >= 15 is 0 Å². The van der Waals surface area contributed by atoms with Crippen molar-refractivity contribution in [3.8, 4) is 0 Å². The first-order valence-corrected chi connectivity index (χ1v) is 23.2. The van der Waals surface area contributed by atoms with Gasteiger partial charge in [0.05, 0.1) is 19.8 Å². The maximum Gasteiger partial charge on any atom is 0.306 e. The van der Waals surface area contributed by atoms with Crippen LogP contribution in [-0.4, -0.2) is 89.6 Å². The molecule has 1 aliphatic heterocycles. The molecule has 0 bridgehead atoms.